The molecule has 5 nitrogen and oxygen atoms in total. The van der Waals surface area contributed by atoms with Crippen molar-refractivity contribution in [1.29, 1.82) is 0 Å². The van der Waals surface area contributed by atoms with Gasteiger partial charge in [-0.2, -0.15) is 5.10 Å². The molecule has 0 spiro atoms. The van der Waals surface area contributed by atoms with Crippen LogP contribution >= 0.6 is 0 Å². The summed E-state index contributed by atoms with van der Waals surface area (Å²) in [6.45, 7) is 3.20. The zero-order valence-corrected chi connectivity index (χ0v) is 13.0. The summed E-state index contributed by atoms with van der Waals surface area (Å²) in [6, 6.07) is 2.74. The predicted octanol–water partition coefficient (Wildman–Crippen LogP) is 2.27. The summed E-state index contributed by atoms with van der Waals surface area (Å²) in [5.41, 5.74) is 1.19. The monoisotopic (exact) mass is 289 g/mol. The van der Waals surface area contributed by atoms with Gasteiger partial charge in [0.15, 0.2) is 5.82 Å². The van der Waals surface area contributed by atoms with Crippen LogP contribution in [0.1, 0.15) is 38.5 Å². The molecule has 21 heavy (non-hydrogen) atoms. The van der Waals surface area contributed by atoms with Gasteiger partial charge in [0.05, 0.1) is 11.9 Å². The number of nitrogens with zero attached hydrogens (tertiary/aromatic N) is 3. The van der Waals surface area contributed by atoms with Gasteiger partial charge in [0.25, 0.3) is 0 Å². The van der Waals surface area contributed by atoms with Crippen molar-refractivity contribution in [2.24, 2.45) is 5.92 Å². The summed E-state index contributed by atoms with van der Waals surface area (Å²) in [6.07, 6.45) is 9.97. The van der Waals surface area contributed by atoms with Crippen molar-refractivity contribution in [1.82, 2.24) is 15.5 Å². The molecule has 1 saturated heterocycles. The minimum Gasteiger partial charge on any atom is -0.369 e. The first kappa shape index (κ1) is 14.6. The standard InChI is InChI=1S/C16H27N5/c1-17-14-7-8-21(12-14)15-9-16(20-19-11-15)18-10-13-5-3-2-4-6-13/h9,11,13-14,17H,2-8,10,12H2,1H3,(H,18,20)/t14-/m0/s1. The Morgan fingerprint density at radius 3 is 2.86 bits per heavy atom. The smallest absolute Gasteiger partial charge is 0.150 e. The van der Waals surface area contributed by atoms with Gasteiger partial charge in [0.1, 0.15) is 0 Å². The maximum atomic E-state index is 4.23. The molecule has 1 aliphatic carbocycles. The van der Waals surface area contributed by atoms with E-state index >= 15 is 0 Å². The first-order valence-corrected chi connectivity index (χ1v) is 8.34. The summed E-state index contributed by atoms with van der Waals surface area (Å²) in [5.74, 6) is 1.73. The average molecular weight is 289 g/mol. The lowest BCUT2D eigenvalue weighted by molar-refractivity contribution is 0.373. The fraction of sp³-hybridized carbons (Fsp3) is 0.750. The Morgan fingerprint density at radius 2 is 2.10 bits per heavy atom. The van der Waals surface area contributed by atoms with E-state index in [1.807, 2.05) is 13.2 Å². The molecule has 116 valence electrons. The zero-order valence-electron chi connectivity index (χ0n) is 13.0. The molecule has 1 aliphatic heterocycles. The Hall–Kier alpha value is -1.36. The van der Waals surface area contributed by atoms with Crippen LogP contribution < -0.4 is 15.5 Å². The Morgan fingerprint density at radius 1 is 1.24 bits per heavy atom. The van der Waals surface area contributed by atoms with Gasteiger partial charge < -0.3 is 15.5 Å². The number of hydrogen-bond acceptors (Lipinski definition) is 5. The van der Waals surface area contributed by atoms with Gasteiger partial charge in [-0.3, -0.25) is 0 Å². The van der Waals surface area contributed by atoms with Crippen LogP contribution in [0.5, 0.6) is 0 Å². The van der Waals surface area contributed by atoms with Crippen LogP contribution in [-0.2, 0) is 0 Å². The molecule has 2 N–H and O–H groups in total. The molecule has 2 heterocycles. The highest BCUT2D eigenvalue weighted by Gasteiger charge is 2.21. The van der Waals surface area contributed by atoms with Crippen molar-refractivity contribution in [2.75, 3.05) is 36.9 Å². The second-order valence-corrected chi connectivity index (χ2v) is 6.40. The van der Waals surface area contributed by atoms with Gasteiger partial charge in [-0.15, -0.1) is 5.10 Å². The highest BCUT2D eigenvalue weighted by molar-refractivity contribution is 5.52. The molecule has 2 aliphatic rings. The molecule has 1 aromatic rings. The summed E-state index contributed by atoms with van der Waals surface area (Å²) in [5, 5.41) is 15.2. The molecular weight excluding hydrogens is 262 g/mol. The van der Waals surface area contributed by atoms with Crippen LogP contribution in [-0.4, -0.2) is 42.9 Å². The van der Waals surface area contributed by atoms with E-state index in [0.717, 1.165) is 31.4 Å². The zero-order chi connectivity index (χ0) is 14.5. The topological polar surface area (TPSA) is 53.1 Å². The van der Waals surface area contributed by atoms with Crippen LogP contribution in [0.2, 0.25) is 0 Å². The fourth-order valence-electron chi connectivity index (χ4n) is 3.49. The Balaban J connectivity index is 1.55. The molecule has 3 rings (SSSR count). The third-order valence-electron chi connectivity index (χ3n) is 4.90. The van der Waals surface area contributed by atoms with Gasteiger partial charge in [-0.1, -0.05) is 19.3 Å². The van der Waals surface area contributed by atoms with Crippen LogP contribution in [0.15, 0.2) is 12.3 Å². The third-order valence-corrected chi connectivity index (χ3v) is 4.90. The number of hydrogen-bond donors (Lipinski definition) is 2. The lowest BCUT2D eigenvalue weighted by atomic mass is 9.89. The largest absolute Gasteiger partial charge is 0.369 e. The minimum absolute atomic E-state index is 0.594. The molecule has 1 atom stereocenters. The summed E-state index contributed by atoms with van der Waals surface area (Å²) in [7, 11) is 2.04. The minimum atomic E-state index is 0.594. The first-order chi connectivity index (χ1) is 10.3. The Bertz CT molecular complexity index is 444. The van der Waals surface area contributed by atoms with Gasteiger partial charge in [0.2, 0.25) is 0 Å². The van der Waals surface area contributed by atoms with Crippen molar-refractivity contribution < 1.29 is 0 Å². The highest BCUT2D eigenvalue weighted by atomic mass is 15.2. The van der Waals surface area contributed by atoms with Crippen molar-refractivity contribution >= 4 is 11.5 Å². The molecule has 0 aromatic carbocycles. The molecule has 1 saturated carbocycles. The van der Waals surface area contributed by atoms with Crippen molar-refractivity contribution in [2.45, 2.75) is 44.6 Å². The van der Waals surface area contributed by atoms with E-state index in [0.29, 0.717) is 6.04 Å². The summed E-state index contributed by atoms with van der Waals surface area (Å²) >= 11 is 0. The number of likely N-dealkylation sites (N-methyl/N-ethyl adjacent to an activating group) is 1. The van der Waals surface area contributed by atoms with E-state index in [1.54, 1.807) is 0 Å². The molecule has 0 radical (unpaired) electrons. The van der Waals surface area contributed by atoms with Gasteiger partial charge in [-0.05, 0) is 32.2 Å². The Kier molecular flexibility index (Phi) is 4.91. The summed E-state index contributed by atoms with van der Waals surface area (Å²) < 4.78 is 0. The maximum Gasteiger partial charge on any atom is 0.150 e. The lowest BCUT2D eigenvalue weighted by Gasteiger charge is -2.22. The molecule has 0 bridgehead atoms. The lowest BCUT2D eigenvalue weighted by Crippen LogP contribution is -2.29. The normalized spacial score (nSPS) is 23.5. The van der Waals surface area contributed by atoms with E-state index in [2.05, 4.69) is 31.8 Å². The van der Waals surface area contributed by atoms with E-state index in [9.17, 15) is 0 Å². The number of nitrogens with one attached hydrogen (secondary N) is 2. The molecule has 1 aromatic heterocycles. The van der Waals surface area contributed by atoms with Crippen molar-refractivity contribution in [3.63, 3.8) is 0 Å². The van der Waals surface area contributed by atoms with E-state index in [-0.39, 0.29) is 0 Å². The van der Waals surface area contributed by atoms with Crippen LogP contribution in [0.25, 0.3) is 0 Å². The molecule has 0 unspecified atom stereocenters. The van der Waals surface area contributed by atoms with Crippen molar-refractivity contribution in [3.8, 4) is 0 Å². The molecule has 2 fully saturated rings. The maximum absolute atomic E-state index is 4.23. The summed E-state index contributed by atoms with van der Waals surface area (Å²) in [4.78, 5) is 2.39. The van der Waals surface area contributed by atoms with E-state index in [4.69, 9.17) is 0 Å². The van der Waals surface area contributed by atoms with Gasteiger partial charge >= 0.3 is 0 Å². The third kappa shape index (κ3) is 3.84. The van der Waals surface area contributed by atoms with Crippen LogP contribution in [0.3, 0.4) is 0 Å². The SMILES string of the molecule is CN[C@H]1CCN(c2cnnc(NCC3CCCCC3)c2)C1. The van der Waals surface area contributed by atoms with E-state index in [1.165, 1.54) is 44.2 Å². The first-order valence-electron chi connectivity index (χ1n) is 8.34. The van der Waals surface area contributed by atoms with E-state index < -0.39 is 0 Å². The average Bonchev–Trinajstić information content (AvgIpc) is 3.03. The Labute approximate surface area is 127 Å². The second kappa shape index (κ2) is 7.07. The highest BCUT2D eigenvalue weighted by Crippen LogP contribution is 2.25. The van der Waals surface area contributed by atoms with Gasteiger partial charge in [0, 0.05) is 31.7 Å². The number of anilines is 2. The van der Waals surface area contributed by atoms with Crippen LogP contribution in [0.4, 0.5) is 11.5 Å². The quantitative estimate of drug-likeness (QED) is 0.871. The van der Waals surface area contributed by atoms with Crippen LogP contribution in [0, 0.1) is 5.92 Å². The molecule has 5 heteroatoms. The van der Waals surface area contributed by atoms with Crippen molar-refractivity contribution in [3.05, 3.63) is 12.3 Å². The molecule has 0 amide bonds. The predicted molar refractivity (Wildman–Crippen MR) is 86.8 cm³/mol. The van der Waals surface area contributed by atoms with Gasteiger partial charge in [-0.25, -0.2) is 0 Å². The molecular formula is C16H27N5. The number of aromatic nitrogens is 2. The number of rotatable bonds is 5. The second-order valence-electron chi connectivity index (χ2n) is 6.40. The fourth-order valence-corrected chi connectivity index (χ4v) is 3.49.